The Morgan fingerprint density at radius 1 is 1.29 bits per heavy atom. The van der Waals surface area contributed by atoms with Gasteiger partial charge in [0.1, 0.15) is 0 Å². The molecule has 0 radical (unpaired) electrons. The van der Waals surface area contributed by atoms with E-state index in [0.717, 1.165) is 6.42 Å². The monoisotopic (exact) mass is 240 g/mol. The Kier molecular flexibility index (Phi) is 5.96. The van der Waals surface area contributed by atoms with Crippen molar-refractivity contribution >= 4 is 5.91 Å². The average molecular weight is 240 g/mol. The summed E-state index contributed by atoms with van der Waals surface area (Å²) in [5.74, 6) is 0.897. The Balaban J connectivity index is 2.47. The lowest BCUT2D eigenvalue weighted by Crippen LogP contribution is -2.50. The molecule has 0 aliphatic heterocycles. The minimum Gasteiger partial charge on any atom is -0.352 e. The molecule has 1 saturated carbocycles. The van der Waals surface area contributed by atoms with Gasteiger partial charge in [0.2, 0.25) is 5.91 Å². The van der Waals surface area contributed by atoms with Crippen LogP contribution < -0.4 is 11.1 Å². The Bertz CT molecular complexity index is 234. The van der Waals surface area contributed by atoms with Crippen LogP contribution in [-0.4, -0.2) is 18.0 Å². The third-order valence-corrected chi connectivity index (χ3v) is 4.01. The quantitative estimate of drug-likeness (QED) is 0.775. The summed E-state index contributed by atoms with van der Waals surface area (Å²) in [5, 5.41) is 3.15. The normalized spacial score (nSPS) is 21.2. The first-order valence-electron chi connectivity index (χ1n) is 7.12. The first-order valence-corrected chi connectivity index (χ1v) is 7.12. The highest BCUT2D eigenvalue weighted by Crippen LogP contribution is 2.27. The number of nitrogens with one attached hydrogen (secondary N) is 1. The third-order valence-electron chi connectivity index (χ3n) is 4.01. The zero-order valence-electron chi connectivity index (χ0n) is 11.5. The maximum absolute atomic E-state index is 12.0. The molecule has 0 aromatic heterocycles. The summed E-state index contributed by atoms with van der Waals surface area (Å²) in [6, 6.07) is -0.0414. The molecule has 1 amide bonds. The van der Waals surface area contributed by atoms with Gasteiger partial charge < -0.3 is 11.1 Å². The molecule has 0 spiro atoms. The highest BCUT2D eigenvalue weighted by molar-refractivity contribution is 5.82. The van der Waals surface area contributed by atoms with Crippen molar-refractivity contribution < 1.29 is 4.79 Å². The van der Waals surface area contributed by atoms with Gasteiger partial charge >= 0.3 is 0 Å². The van der Waals surface area contributed by atoms with E-state index in [1.54, 1.807) is 0 Å². The minimum atomic E-state index is -0.368. The molecule has 1 aliphatic carbocycles. The standard InChI is InChI=1S/C14H28N2O/c1-4-12(11-8-6-5-7-9-11)16-14(17)13(15)10(2)3/h10-13H,4-9,15H2,1-3H3,(H,16,17)/t12?,13-/m0/s1. The maximum Gasteiger partial charge on any atom is 0.237 e. The van der Waals surface area contributed by atoms with E-state index in [9.17, 15) is 4.79 Å². The zero-order chi connectivity index (χ0) is 12.8. The van der Waals surface area contributed by atoms with E-state index >= 15 is 0 Å². The predicted molar refractivity (Wildman–Crippen MR) is 71.6 cm³/mol. The van der Waals surface area contributed by atoms with Crippen LogP contribution in [0.3, 0.4) is 0 Å². The minimum absolute atomic E-state index is 0.0254. The second-order valence-electron chi connectivity index (χ2n) is 5.69. The highest BCUT2D eigenvalue weighted by atomic mass is 16.2. The molecule has 0 bridgehead atoms. The summed E-state index contributed by atoms with van der Waals surface area (Å²) in [4.78, 5) is 12.0. The number of carbonyl (C=O) groups is 1. The third kappa shape index (κ3) is 4.30. The molecule has 17 heavy (non-hydrogen) atoms. The first kappa shape index (κ1) is 14.5. The number of nitrogens with two attached hydrogens (primary N) is 1. The van der Waals surface area contributed by atoms with Gasteiger partial charge in [-0.3, -0.25) is 4.79 Å². The number of hydrogen-bond acceptors (Lipinski definition) is 2. The maximum atomic E-state index is 12.0. The van der Waals surface area contributed by atoms with Gasteiger partial charge in [0.05, 0.1) is 6.04 Å². The van der Waals surface area contributed by atoms with Crippen molar-refractivity contribution in [2.24, 2.45) is 17.6 Å². The van der Waals surface area contributed by atoms with Gasteiger partial charge in [-0.15, -0.1) is 0 Å². The van der Waals surface area contributed by atoms with Crippen LogP contribution in [0.15, 0.2) is 0 Å². The Morgan fingerprint density at radius 3 is 2.35 bits per heavy atom. The molecule has 1 rings (SSSR count). The zero-order valence-corrected chi connectivity index (χ0v) is 11.5. The van der Waals surface area contributed by atoms with Crippen molar-refractivity contribution in [3.63, 3.8) is 0 Å². The lowest BCUT2D eigenvalue weighted by molar-refractivity contribution is -0.124. The average Bonchev–Trinajstić information content (AvgIpc) is 2.35. The van der Waals surface area contributed by atoms with Crippen LogP contribution in [0.2, 0.25) is 0 Å². The van der Waals surface area contributed by atoms with Gasteiger partial charge in [-0.2, -0.15) is 0 Å². The van der Waals surface area contributed by atoms with Crippen LogP contribution in [-0.2, 0) is 4.79 Å². The lowest BCUT2D eigenvalue weighted by Gasteiger charge is -2.31. The van der Waals surface area contributed by atoms with Crippen LogP contribution >= 0.6 is 0 Å². The van der Waals surface area contributed by atoms with Crippen molar-refractivity contribution in [3.05, 3.63) is 0 Å². The van der Waals surface area contributed by atoms with E-state index in [4.69, 9.17) is 5.73 Å². The van der Waals surface area contributed by atoms with Crippen LogP contribution in [0.25, 0.3) is 0 Å². The van der Waals surface area contributed by atoms with E-state index in [1.807, 2.05) is 13.8 Å². The van der Waals surface area contributed by atoms with Crippen LogP contribution in [0.5, 0.6) is 0 Å². The summed E-state index contributed by atoms with van der Waals surface area (Å²) in [6.45, 7) is 6.14. The van der Waals surface area contributed by atoms with Gasteiger partial charge in [-0.05, 0) is 31.1 Å². The fourth-order valence-electron chi connectivity index (χ4n) is 2.67. The molecule has 3 N–H and O–H groups in total. The Morgan fingerprint density at radius 2 is 1.88 bits per heavy atom. The van der Waals surface area contributed by atoms with E-state index in [0.29, 0.717) is 12.0 Å². The molecule has 2 atom stereocenters. The van der Waals surface area contributed by atoms with Crippen LogP contribution in [0.4, 0.5) is 0 Å². The molecule has 0 saturated heterocycles. The first-order chi connectivity index (χ1) is 8.06. The Hall–Kier alpha value is -0.570. The largest absolute Gasteiger partial charge is 0.352 e. The summed E-state index contributed by atoms with van der Waals surface area (Å²) >= 11 is 0. The topological polar surface area (TPSA) is 55.1 Å². The molecule has 1 aliphatic rings. The molecule has 100 valence electrons. The molecular weight excluding hydrogens is 212 g/mol. The van der Waals surface area contributed by atoms with E-state index < -0.39 is 0 Å². The predicted octanol–water partition coefficient (Wildman–Crippen LogP) is 2.44. The fourth-order valence-corrected chi connectivity index (χ4v) is 2.67. The second-order valence-corrected chi connectivity index (χ2v) is 5.69. The Labute approximate surface area is 106 Å². The summed E-state index contributed by atoms with van der Waals surface area (Å²) in [7, 11) is 0. The van der Waals surface area contributed by atoms with E-state index in [1.165, 1.54) is 32.1 Å². The van der Waals surface area contributed by atoms with E-state index in [2.05, 4.69) is 12.2 Å². The van der Waals surface area contributed by atoms with Crippen molar-refractivity contribution in [2.45, 2.75) is 71.4 Å². The molecule has 3 nitrogen and oxygen atoms in total. The second kappa shape index (κ2) is 7.00. The SMILES string of the molecule is CCC(NC(=O)[C@@H](N)C(C)C)C1CCCCC1. The molecule has 3 heteroatoms. The van der Waals surface area contributed by atoms with Gasteiger partial charge in [-0.1, -0.05) is 40.0 Å². The molecule has 0 aromatic carbocycles. The van der Waals surface area contributed by atoms with Gasteiger partial charge in [0, 0.05) is 6.04 Å². The van der Waals surface area contributed by atoms with Crippen molar-refractivity contribution in [1.29, 1.82) is 0 Å². The van der Waals surface area contributed by atoms with Gasteiger partial charge in [0.25, 0.3) is 0 Å². The fraction of sp³-hybridized carbons (Fsp3) is 0.929. The summed E-state index contributed by atoms with van der Waals surface area (Å²) in [6.07, 6.45) is 7.51. The van der Waals surface area contributed by atoms with E-state index in [-0.39, 0.29) is 17.9 Å². The summed E-state index contributed by atoms with van der Waals surface area (Å²) in [5.41, 5.74) is 5.88. The lowest BCUT2D eigenvalue weighted by atomic mass is 9.82. The number of amides is 1. The van der Waals surface area contributed by atoms with Crippen molar-refractivity contribution in [2.75, 3.05) is 0 Å². The van der Waals surface area contributed by atoms with Gasteiger partial charge in [0.15, 0.2) is 0 Å². The smallest absolute Gasteiger partial charge is 0.237 e. The molecule has 1 fully saturated rings. The number of rotatable bonds is 5. The molecule has 0 aromatic rings. The summed E-state index contributed by atoms with van der Waals surface area (Å²) < 4.78 is 0. The highest BCUT2D eigenvalue weighted by Gasteiger charge is 2.26. The molecule has 1 unspecified atom stereocenters. The van der Waals surface area contributed by atoms with Gasteiger partial charge in [-0.25, -0.2) is 0 Å². The van der Waals surface area contributed by atoms with Crippen molar-refractivity contribution in [3.8, 4) is 0 Å². The van der Waals surface area contributed by atoms with Crippen LogP contribution in [0, 0.1) is 11.8 Å². The molecular formula is C14H28N2O. The number of hydrogen-bond donors (Lipinski definition) is 2. The molecule has 0 heterocycles. The number of carbonyl (C=O) groups excluding carboxylic acids is 1. The van der Waals surface area contributed by atoms with Crippen LogP contribution in [0.1, 0.15) is 59.3 Å². The van der Waals surface area contributed by atoms with Crippen molar-refractivity contribution in [1.82, 2.24) is 5.32 Å².